The Kier molecular flexibility index (Phi) is 4.53. The third kappa shape index (κ3) is 3.80. The van der Waals surface area contributed by atoms with E-state index < -0.39 is 15.6 Å². The summed E-state index contributed by atoms with van der Waals surface area (Å²) in [4.78, 5) is 0.263. The number of hydrogen-bond acceptors (Lipinski definition) is 3. The molecule has 1 unspecified atom stereocenters. The molecular weight excluding hydrogens is 248 g/mol. The lowest BCUT2D eigenvalue weighted by Crippen LogP contribution is -2.42. The maximum atomic E-state index is 12.2. The summed E-state index contributed by atoms with van der Waals surface area (Å²) in [5.41, 5.74) is 6.12. The summed E-state index contributed by atoms with van der Waals surface area (Å²) in [6.07, 6.45) is 0.721. The largest absolute Gasteiger partial charge is 0.324 e. The van der Waals surface area contributed by atoms with Gasteiger partial charge in [-0.15, -0.1) is 0 Å². The monoisotopic (exact) mass is 270 g/mol. The second-order valence-corrected chi connectivity index (χ2v) is 6.89. The highest BCUT2D eigenvalue weighted by atomic mass is 32.2. The van der Waals surface area contributed by atoms with Crippen molar-refractivity contribution in [2.24, 2.45) is 5.73 Å². The zero-order chi connectivity index (χ0) is 14.0. The summed E-state index contributed by atoms with van der Waals surface area (Å²) in [5, 5.41) is 0. The minimum atomic E-state index is -3.49. The van der Waals surface area contributed by atoms with Crippen molar-refractivity contribution in [3.63, 3.8) is 0 Å². The van der Waals surface area contributed by atoms with E-state index >= 15 is 0 Å². The van der Waals surface area contributed by atoms with Crippen LogP contribution in [0.15, 0.2) is 29.2 Å². The van der Waals surface area contributed by atoms with Gasteiger partial charge < -0.3 is 5.73 Å². The fourth-order valence-electron chi connectivity index (χ4n) is 1.46. The second-order valence-electron chi connectivity index (χ2n) is 5.20. The van der Waals surface area contributed by atoms with E-state index in [1.165, 1.54) is 0 Å². The Bertz CT molecular complexity index is 507. The average Bonchev–Trinajstić information content (AvgIpc) is 2.28. The van der Waals surface area contributed by atoms with Gasteiger partial charge in [-0.3, -0.25) is 0 Å². The molecule has 1 atom stereocenters. The van der Waals surface area contributed by atoms with Gasteiger partial charge >= 0.3 is 0 Å². The first-order valence-electron chi connectivity index (χ1n) is 6.07. The van der Waals surface area contributed by atoms with Gasteiger partial charge in [0, 0.05) is 11.6 Å². The van der Waals surface area contributed by atoms with Crippen molar-refractivity contribution in [1.29, 1.82) is 0 Å². The molecule has 0 radical (unpaired) electrons. The molecule has 0 heterocycles. The number of nitrogens with two attached hydrogens (primary N) is 1. The molecule has 18 heavy (non-hydrogen) atoms. The summed E-state index contributed by atoms with van der Waals surface area (Å²) in [5.74, 6) is 0. The van der Waals surface area contributed by atoms with Gasteiger partial charge in [0.25, 0.3) is 0 Å². The zero-order valence-electron chi connectivity index (χ0n) is 11.4. The Hall–Kier alpha value is -0.910. The molecule has 0 fully saturated rings. The summed E-state index contributed by atoms with van der Waals surface area (Å²) >= 11 is 0. The Balaban J connectivity index is 3.09. The van der Waals surface area contributed by atoms with Crippen LogP contribution in [0, 0.1) is 0 Å². The van der Waals surface area contributed by atoms with E-state index in [1.807, 2.05) is 33.8 Å². The van der Waals surface area contributed by atoms with Crippen LogP contribution in [0.1, 0.15) is 45.7 Å². The molecular formula is C13H22N2O2S. The lowest BCUT2D eigenvalue weighted by molar-refractivity contribution is 0.439. The molecule has 0 saturated carbocycles. The molecule has 0 bridgehead atoms. The normalized spacial score (nSPS) is 14.5. The van der Waals surface area contributed by atoms with E-state index in [1.54, 1.807) is 18.2 Å². The minimum Gasteiger partial charge on any atom is -0.324 e. The summed E-state index contributed by atoms with van der Waals surface area (Å²) < 4.78 is 27.2. The van der Waals surface area contributed by atoms with Gasteiger partial charge in [0.2, 0.25) is 10.0 Å². The van der Waals surface area contributed by atoms with Crippen LogP contribution >= 0.6 is 0 Å². The SMILES string of the molecule is CCC(C)(C)NS(=O)(=O)c1cccc(C(C)N)c1. The fourth-order valence-corrected chi connectivity index (χ4v) is 3.00. The van der Waals surface area contributed by atoms with Gasteiger partial charge in [0.1, 0.15) is 0 Å². The van der Waals surface area contributed by atoms with Gasteiger partial charge in [0.15, 0.2) is 0 Å². The fraction of sp³-hybridized carbons (Fsp3) is 0.538. The maximum Gasteiger partial charge on any atom is 0.241 e. The Morgan fingerprint density at radius 3 is 2.50 bits per heavy atom. The third-order valence-electron chi connectivity index (χ3n) is 2.99. The van der Waals surface area contributed by atoms with E-state index in [0.717, 1.165) is 12.0 Å². The highest BCUT2D eigenvalue weighted by Gasteiger charge is 2.24. The number of nitrogens with one attached hydrogen (secondary N) is 1. The van der Waals surface area contributed by atoms with E-state index in [0.29, 0.717) is 0 Å². The van der Waals surface area contributed by atoms with Crippen LogP contribution in [0.25, 0.3) is 0 Å². The molecule has 5 heteroatoms. The highest BCUT2D eigenvalue weighted by molar-refractivity contribution is 7.89. The van der Waals surface area contributed by atoms with Gasteiger partial charge in [-0.05, 0) is 44.9 Å². The number of benzene rings is 1. The molecule has 1 rings (SSSR count). The highest BCUT2D eigenvalue weighted by Crippen LogP contribution is 2.18. The Morgan fingerprint density at radius 2 is 2.00 bits per heavy atom. The van der Waals surface area contributed by atoms with Gasteiger partial charge in [-0.2, -0.15) is 0 Å². The average molecular weight is 270 g/mol. The van der Waals surface area contributed by atoms with E-state index in [2.05, 4.69) is 4.72 Å². The number of sulfonamides is 1. The predicted octanol–water partition coefficient (Wildman–Crippen LogP) is 2.17. The zero-order valence-corrected chi connectivity index (χ0v) is 12.2. The molecule has 0 aliphatic heterocycles. The molecule has 1 aromatic rings. The predicted molar refractivity (Wildman–Crippen MR) is 73.7 cm³/mol. The molecule has 0 aromatic heterocycles. The molecule has 0 saturated heterocycles. The van der Waals surface area contributed by atoms with Crippen LogP contribution < -0.4 is 10.5 Å². The van der Waals surface area contributed by atoms with E-state index in [4.69, 9.17) is 5.73 Å². The summed E-state index contributed by atoms with van der Waals surface area (Å²) in [7, 11) is -3.49. The smallest absolute Gasteiger partial charge is 0.241 e. The van der Waals surface area contributed by atoms with Crippen LogP contribution in [0.2, 0.25) is 0 Å². The van der Waals surface area contributed by atoms with Crippen molar-refractivity contribution in [2.45, 2.75) is 50.6 Å². The molecule has 4 nitrogen and oxygen atoms in total. The van der Waals surface area contributed by atoms with Crippen molar-refractivity contribution in [1.82, 2.24) is 4.72 Å². The van der Waals surface area contributed by atoms with E-state index in [-0.39, 0.29) is 10.9 Å². The van der Waals surface area contributed by atoms with Crippen LogP contribution in [0.5, 0.6) is 0 Å². The minimum absolute atomic E-state index is 0.181. The van der Waals surface area contributed by atoms with Crippen molar-refractivity contribution < 1.29 is 8.42 Å². The number of rotatable bonds is 5. The van der Waals surface area contributed by atoms with Crippen LogP contribution in [0.3, 0.4) is 0 Å². The van der Waals surface area contributed by atoms with Crippen LogP contribution in [-0.2, 0) is 10.0 Å². The molecule has 1 aromatic carbocycles. The molecule has 0 amide bonds. The Morgan fingerprint density at radius 1 is 1.39 bits per heavy atom. The van der Waals surface area contributed by atoms with Crippen molar-refractivity contribution in [3.05, 3.63) is 29.8 Å². The first-order valence-corrected chi connectivity index (χ1v) is 7.56. The lowest BCUT2D eigenvalue weighted by atomic mass is 10.0. The Labute approximate surface area is 110 Å². The third-order valence-corrected chi connectivity index (χ3v) is 4.68. The van der Waals surface area contributed by atoms with Crippen molar-refractivity contribution >= 4 is 10.0 Å². The molecule has 102 valence electrons. The standard InChI is InChI=1S/C13H22N2O2S/c1-5-13(3,4)15-18(16,17)12-8-6-7-11(9-12)10(2)14/h6-10,15H,5,14H2,1-4H3. The first-order chi connectivity index (χ1) is 8.18. The second kappa shape index (κ2) is 5.38. The van der Waals surface area contributed by atoms with Crippen LogP contribution in [-0.4, -0.2) is 14.0 Å². The van der Waals surface area contributed by atoms with Gasteiger partial charge in [0.05, 0.1) is 4.90 Å². The molecule has 0 spiro atoms. The number of hydrogen-bond donors (Lipinski definition) is 2. The lowest BCUT2D eigenvalue weighted by Gasteiger charge is -2.24. The van der Waals surface area contributed by atoms with Crippen molar-refractivity contribution in [3.8, 4) is 0 Å². The summed E-state index contributed by atoms with van der Waals surface area (Å²) in [6.45, 7) is 7.50. The summed E-state index contributed by atoms with van der Waals surface area (Å²) in [6, 6.07) is 6.57. The first kappa shape index (κ1) is 15.1. The van der Waals surface area contributed by atoms with Gasteiger partial charge in [-0.25, -0.2) is 13.1 Å². The molecule has 3 N–H and O–H groups in total. The van der Waals surface area contributed by atoms with Crippen LogP contribution in [0.4, 0.5) is 0 Å². The quantitative estimate of drug-likeness (QED) is 0.861. The van der Waals surface area contributed by atoms with Crippen molar-refractivity contribution in [2.75, 3.05) is 0 Å². The maximum absolute atomic E-state index is 12.2. The topological polar surface area (TPSA) is 72.2 Å². The van der Waals surface area contributed by atoms with E-state index in [9.17, 15) is 8.42 Å². The van der Waals surface area contributed by atoms with Gasteiger partial charge in [-0.1, -0.05) is 19.1 Å². The molecule has 0 aliphatic rings. The molecule has 0 aliphatic carbocycles.